The topological polar surface area (TPSA) is 50.8 Å². The average Bonchev–Trinajstić information content (AvgIpc) is 2.67. The van der Waals surface area contributed by atoms with Crippen molar-refractivity contribution in [3.8, 4) is 5.75 Å². The number of halogens is 1. The standard InChI is InChI=1S/C21H25ClN2O3/c1-15(27-18-6-4-3-5-7-18)21(25)23-20(16-8-10-17(22)11-9-16)19-14-24(2)12-13-26-19/h3-11,15,19-20H,12-14H2,1-2H3,(H,23,25)/t15-,19-,20+/m0/s1. The van der Waals surface area contributed by atoms with Gasteiger partial charge in [0.05, 0.1) is 18.8 Å². The summed E-state index contributed by atoms with van der Waals surface area (Å²) in [5, 5.41) is 3.76. The first kappa shape index (κ1) is 19.7. The molecule has 0 radical (unpaired) electrons. The molecule has 3 atom stereocenters. The van der Waals surface area contributed by atoms with Crippen LogP contribution >= 0.6 is 11.6 Å². The molecule has 1 aliphatic heterocycles. The predicted octanol–water partition coefficient (Wildman–Crippen LogP) is 3.30. The van der Waals surface area contributed by atoms with Gasteiger partial charge in [-0.15, -0.1) is 0 Å². The molecular weight excluding hydrogens is 364 g/mol. The number of para-hydroxylation sites is 1. The molecule has 1 aliphatic rings. The van der Waals surface area contributed by atoms with E-state index in [4.69, 9.17) is 21.1 Å². The average molecular weight is 389 g/mol. The lowest BCUT2D eigenvalue weighted by atomic mass is 9.99. The van der Waals surface area contributed by atoms with Gasteiger partial charge >= 0.3 is 0 Å². The summed E-state index contributed by atoms with van der Waals surface area (Å²) in [6, 6.07) is 16.6. The number of nitrogens with zero attached hydrogens (tertiary/aromatic N) is 1. The van der Waals surface area contributed by atoms with E-state index in [0.29, 0.717) is 17.4 Å². The molecule has 1 amide bonds. The quantitative estimate of drug-likeness (QED) is 0.825. The third-order valence-electron chi connectivity index (χ3n) is 4.62. The summed E-state index contributed by atoms with van der Waals surface area (Å²) in [5.41, 5.74) is 0.958. The van der Waals surface area contributed by atoms with Crippen molar-refractivity contribution in [2.24, 2.45) is 0 Å². The molecule has 2 aromatic rings. The summed E-state index contributed by atoms with van der Waals surface area (Å²) in [4.78, 5) is 15.0. The van der Waals surface area contributed by atoms with Gasteiger partial charge in [0, 0.05) is 18.1 Å². The molecule has 1 fully saturated rings. The van der Waals surface area contributed by atoms with Gasteiger partial charge in [-0.3, -0.25) is 4.79 Å². The first-order chi connectivity index (χ1) is 13.0. The Morgan fingerprint density at radius 3 is 2.59 bits per heavy atom. The maximum Gasteiger partial charge on any atom is 0.261 e. The maximum absolute atomic E-state index is 12.8. The third-order valence-corrected chi connectivity index (χ3v) is 4.87. The molecule has 0 bridgehead atoms. The van der Waals surface area contributed by atoms with Gasteiger partial charge in [-0.1, -0.05) is 41.9 Å². The van der Waals surface area contributed by atoms with Crippen LogP contribution in [0.4, 0.5) is 0 Å². The Morgan fingerprint density at radius 1 is 1.22 bits per heavy atom. The molecule has 27 heavy (non-hydrogen) atoms. The Balaban J connectivity index is 1.73. The number of rotatable bonds is 6. The number of carbonyl (C=O) groups excluding carboxylic acids is 1. The van der Waals surface area contributed by atoms with Crippen LogP contribution in [0.15, 0.2) is 54.6 Å². The number of morpholine rings is 1. The van der Waals surface area contributed by atoms with E-state index in [1.807, 2.05) is 54.6 Å². The molecule has 0 saturated carbocycles. The molecule has 1 saturated heterocycles. The second kappa shape index (κ2) is 9.22. The SMILES string of the molecule is C[C@H](Oc1ccccc1)C(=O)N[C@H](c1ccc(Cl)cc1)[C@@H]1CN(C)CCO1. The smallest absolute Gasteiger partial charge is 0.261 e. The van der Waals surface area contributed by atoms with E-state index < -0.39 is 6.10 Å². The molecule has 2 aromatic carbocycles. The largest absolute Gasteiger partial charge is 0.481 e. The Labute approximate surface area is 165 Å². The Morgan fingerprint density at radius 2 is 1.93 bits per heavy atom. The van der Waals surface area contributed by atoms with Gasteiger partial charge in [0.1, 0.15) is 5.75 Å². The molecule has 6 heteroatoms. The van der Waals surface area contributed by atoms with Crippen LogP contribution in [-0.2, 0) is 9.53 Å². The molecule has 1 N–H and O–H groups in total. The van der Waals surface area contributed by atoms with Crippen LogP contribution in [0.5, 0.6) is 5.75 Å². The van der Waals surface area contributed by atoms with Crippen LogP contribution in [-0.4, -0.2) is 49.8 Å². The number of carbonyl (C=O) groups is 1. The number of likely N-dealkylation sites (N-methyl/N-ethyl adjacent to an activating group) is 1. The van der Waals surface area contributed by atoms with Crippen molar-refractivity contribution in [2.45, 2.75) is 25.2 Å². The second-order valence-corrected chi connectivity index (χ2v) is 7.22. The molecule has 0 aromatic heterocycles. The van der Waals surface area contributed by atoms with E-state index in [0.717, 1.165) is 18.7 Å². The zero-order valence-electron chi connectivity index (χ0n) is 15.6. The lowest BCUT2D eigenvalue weighted by molar-refractivity contribution is -0.130. The fourth-order valence-corrected chi connectivity index (χ4v) is 3.23. The highest BCUT2D eigenvalue weighted by atomic mass is 35.5. The van der Waals surface area contributed by atoms with Crippen LogP contribution in [0.1, 0.15) is 18.5 Å². The van der Waals surface area contributed by atoms with Gasteiger partial charge in [0.15, 0.2) is 6.10 Å². The van der Waals surface area contributed by atoms with E-state index in [-0.39, 0.29) is 18.1 Å². The molecule has 1 heterocycles. The van der Waals surface area contributed by atoms with Crippen LogP contribution in [0.2, 0.25) is 5.02 Å². The van der Waals surface area contributed by atoms with Crippen molar-refractivity contribution in [1.82, 2.24) is 10.2 Å². The van der Waals surface area contributed by atoms with Gasteiger partial charge < -0.3 is 19.7 Å². The van der Waals surface area contributed by atoms with Crippen LogP contribution in [0, 0.1) is 0 Å². The van der Waals surface area contributed by atoms with Gasteiger partial charge in [-0.2, -0.15) is 0 Å². The minimum Gasteiger partial charge on any atom is -0.481 e. The highest BCUT2D eigenvalue weighted by Crippen LogP contribution is 2.24. The fraction of sp³-hybridized carbons (Fsp3) is 0.381. The fourth-order valence-electron chi connectivity index (χ4n) is 3.10. The molecule has 0 aliphatic carbocycles. The summed E-state index contributed by atoms with van der Waals surface area (Å²) in [6.07, 6.45) is -0.763. The van der Waals surface area contributed by atoms with Gasteiger partial charge in [-0.05, 0) is 43.8 Å². The minimum atomic E-state index is -0.622. The Bertz CT molecular complexity index is 739. The monoisotopic (exact) mass is 388 g/mol. The minimum absolute atomic E-state index is 0.141. The predicted molar refractivity (Wildman–Crippen MR) is 106 cm³/mol. The first-order valence-corrected chi connectivity index (χ1v) is 9.48. The lowest BCUT2D eigenvalue weighted by Gasteiger charge is -2.36. The number of ether oxygens (including phenoxy) is 2. The number of amides is 1. The Hall–Kier alpha value is -2.08. The number of hydrogen-bond acceptors (Lipinski definition) is 4. The van der Waals surface area contributed by atoms with Gasteiger partial charge in [0.25, 0.3) is 5.91 Å². The molecule has 144 valence electrons. The van der Waals surface area contributed by atoms with Crippen LogP contribution in [0.3, 0.4) is 0 Å². The van der Waals surface area contributed by atoms with E-state index in [2.05, 4.69) is 17.3 Å². The summed E-state index contributed by atoms with van der Waals surface area (Å²) in [6.45, 7) is 4.00. The molecule has 0 spiro atoms. The zero-order valence-corrected chi connectivity index (χ0v) is 16.4. The highest BCUT2D eigenvalue weighted by molar-refractivity contribution is 6.30. The number of benzene rings is 2. The lowest BCUT2D eigenvalue weighted by Crippen LogP contribution is -2.49. The zero-order chi connectivity index (χ0) is 19.2. The number of nitrogens with one attached hydrogen (secondary N) is 1. The molecule has 3 rings (SSSR count). The van der Waals surface area contributed by atoms with Crippen molar-refractivity contribution in [2.75, 3.05) is 26.7 Å². The van der Waals surface area contributed by atoms with Gasteiger partial charge in [-0.25, -0.2) is 0 Å². The summed E-state index contributed by atoms with van der Waals surface area (Å²) in [7, 11) is 2.05. The van der Waals surface area contributed by atoms with E-state index in [1.165, 1.54) is 0 Å². The maximum atomic E-state index is 12.8. The van der Waals surface area contributed by atoms with Gasteiger partial charge in [0.2, 0.25) is 0 Å². The van der Waals surface area contributed by atoms with Crippen molar-refractivity contribution in [3.63, 3.8) is 0 Å². The summed E-state index contributed by atoms with van der Waals surface area (Å²) < 4.78 is 11.7. The molecule has 5 nitrogen and oxygen atoms in total. The van der Waals surface area contributed by atoms with Crippen molar-refractivity contribution in [1.29, 1.82) is 0 Å². The highest BCUT2D eigenvalue weighted by Gasteiger charge is 2.31. The van der Waals surface area contributed by atoms with Crippen molar-refractivity contribution in [3.05, 3.63) is 65.2 Å². The van der Waals surface area contributed by atoms with Crippen LogP contribution < -0.4 is 10.1 Å². The number of hydrogen-bond donors (Lipinski definition) is 1. The van der Waals surface area contributed by atoms with E-state index >= 15 is 0 Å². The summed E-state index contributed by atoms with van der Waals surface area (Å²) in [5.74, 6) is 0.479. The molecule has 0 unspecified atom stereocenters. The normalized spacial score (nSPS) is 19.9. The van der Waals surface area contributed by atoms with E-state index in [1.54, 1.807) is 6.92 Å². The molecular formula is C21H25ClN2O3. The van der Waals surface area contributed by atoms with Crippen molar-refractivity contribution < 1.29 is 14.3 Å². The van der Waals surface area contributed by atoms with Crippen molar-refractivity contribution >= 4 is 17.5 Å². The summed E-state index contributed by atoms with van der Waals surface area (Å²) >= 11 is 6.02. The second-order valence-electron chi connectivity index (χ2n) is 6.78. The van der Waals surface area contributed by atoms with E-state index in [9.17, 15) is 4.79 Å². The first-order valence-electron chi connectivity index (χ1n) is 9.10. The third kappa shape index (κ3) is 5.45. The van der Waals surface area contributed by atoms with Crippen LogP contribution in [0.25, 0.3) is 0 Å². The Kier molecular flexibility index (Phi) is 6.72.